The molecule has 162 valence electrons. The second kappa shape index (κ2) is 9.58. The van der Waals surface area contributed by atoms with Crippen molar-refractivity contribution >= 4 is 22.9 Å². The monoisotopic (exact) mass is 411 g/mol. The number of hydrogen-bond acceptors (Lipinski definition) is 5. The van der Waals surface area contributed by atoms with Crippen LogP contribution in [0.15, 0.2) is 23.1 Å². The normalized spacial score (nSPS) is 21.2. The summed E-state index contributed by atoms with van der Waals surface area (Å²) in [4.78, 5) is 37.1. The van der Waals surface area contributed by atoms with Crippen molar-refractivity contribution in [2.75, 3.05) is 18.0 Å². The molecule has 0 unspecified atom stereocenters. The van der Waals surface area contributed by atoms with Crippen LogP contribution in [0, 0.1) is 5.92 Å². The van der Waals surface area contributed by atoms with E-state index in [2.05, 4.69) is 15.3 Å². The number of anilines is 1. The van der Waals surface area contributed by atoms with Crippen LogP contribution in [0.5, 0.6) is 0 Å². The summed E-state index contributed by atoms with van der Waals surface area (Å²) < 4.78 is 1.68. The maximum absolute atomic E-state index is 13.1. The number of rotatable bonds is 4. The van der Waals surface area contributed by atoms with Gasteiger partial charge in [-0.2, -0.15) is 0 Å². The molecule has 2 fully saturated rings. The fourth-order valence-electron chi connectivity index (χ4n) is 4.86. The van der Waals surface area contributed by atoms with Gasteiger partial charge in [-0.1, -0.05) is 32.1 Å². The van der Waals surface area contributed by atoms with Crippen LogP contribution in [0.3, 0.4) is 0 Å². The first kappa shape index (κ1) is 20.8. The minimum absolute atomic E-state index is 0.0925. The zero-order valence-electron chi connectivity index (χ0n) is 18.0. The molecule has 1 aliphatic carbocycles. The van der Waals surface area contributed by atoms with E-state index >= 15 is 0 Å². The van der Waals surface area contributed by atoms with E-state index in [1.54, 1.807) is 10.8 Å². The molecule has 1 N–H and O–H groups in total. The minimum Gasteiger partial charge on any atom is -0.353 e. The number of carbonyl (C=O) groups is 1. The van der Waals surface area contributed by atoms with Gasteiger partial charge in [-0.05, 0) is 44.7 Å². The number of nitrogens with one attached hydrogen (secondary N) is 1. The van der Waals surface area contributed by atoms with Gasteiger partial charge in [0.05, 0.1) is 5.92 Å². The minimum atomic E-state index is -0.121. The fraction of sp³-hybridized carbons (Fsp3) is 0.652. The Kier molecular flexibility index (Phi) is 6.65. The molecular weight excluding hydrogens is 378 g/mol. The highest BCUT2D eigenvalue weighted by Crippen LogP contribution is 2.23. The summed E-state index contributed by atoms with van der Waals surface area (Å²) >= 11 is 0. The largest absolute Gasteiger partial charge is 0.353 e. The van der Waals surface area contributed by atoms with Crippen LogP contribution in [0.4, 0.5) is 5.82 Å². The number of carbonyl (C=O) groups excluding carboxylic acids is 1. The summed E-state index contributed by atoms with van der Waals surface area (Å²) in [6.07, 6.45) is 11.9. The topological polar surface area (TPSA) is 80.1 Å². The van der Waals surface area contributed by atoms with Gasteiger partial charge < -0.3 is 10.2 Å². The average Bonchev–Trinajstić information content (AvgIpc) is 2.75. The molecule has 0 aromatic carbocycles. The lowest BCUT2D eigenvalue weighted by molar-refractivity contribution is -0.126. The average molecular weight is 412 g/mol. The quantitative estimate of drug-likeness (QED) is 0.835. The van der Waals surface area contributed by atoms with Gasteiger partial charge in [-0.15, -0.1) is 0 Å². The summed E-state index contributed by atoms with van der Waals surface area (Å²) in [5, 5.41) is 3.32. The Balaban J connectivity index is 1.50. The predicted octanol–water partition coefficient (Wildman–Crippen LogP) is 3.26. The van der Waals surface area contributed by atoms with Crippen LogP contribution < -0.4 is 15.8 Å². The van der Waals surface area contributed by atoms with Crippen LogP contribution >= 0.6 is 0 Å². The van der Waals surface area contributed by atoms with Gasteiger partial charge in [0.15, 0.2) is 11.5 Å². The van der Waals surface area contributed by atoms with E-state index in [9.17, 15) is 9.59 Å². The van der Waals surface area contributed by atoms with Crippen LogP contribution in [-0.4, -0.2) is 39.6 Å². The van der Waals surface area contributed by atoms with Gasteiger partial charge in [0.2, 0.25) is 5.91 Å². The maximum atomic E-state index is 13.1. The Morgan fingerprint density at radius 2 is 1.90 bits per heavy atom. The van der Waals surface area contributed by atoms with Crippen LogP contribution in [0.2, 0.25) is 0 Å². The van der Waals surface area contributed by atoms with Crippen molar-refractivity contribution < 1.29 is 4.79 Å². The lowest BCUT2D eigenvalue weighted by Crippen LogP contribution is -2.47. The summed E-state index contributed by atoms with van der Waals surface area (Å²) in [7, 11) is 0. The smallest absolute Gasteiger partial charge is 0.295 e. The maximum Gasteiger partial charge on any atom is 0.295 e. The number of pyridine rings is 1. The Morgan fingerprint density at radius 3 is 2.67 bits per heavy atom. The molecule has 7 nitrogen and oxygen atoms in total. The highest BCUT2D eigenvalue weighted by atomic mass is 16.2. The van der Waals surface area contributed by atoms with Crippen molar-refractivity contribution in [2.45, 2.75) is 77.3 Å². The van der Waals surface area contributed by atoms with Crippen molar-refractivity contribution in [1.82, 2.24) is 19.9 Å². The molecule has 1 saturated heterocycles. The molecule has 30 heavy (non-hydrogen) atoms. The molecule has 0 bridgehead atoms. The summed E-state index contributed by atoms with van der Waals surface area (Å²) in [6, 6.07) is 4.03. The number of hydrogen-bond donors (Lipinski definition) is 1. The highest BCUT2D eigenvalue weighted by Gasteiger charge is 2.29. The molecule has 2 aromatic heterocycles. The molecule has 1 atom stereocenters. The van der Waals surface area contributed by atoms with Crippen molar-refractivity contribution in [1.29, 1.82) is 0 Å². The van der Waals surface area contributed by atoms with Gasteiger partial charge in [0.25, 0.3) is 5.56 Å². The molecule has 3 heterocycles. The first-order valence-electron chi connectivity index (χ1n) is 11.6. The van der Waals surface area contributed by atoms with E-state index in [0.717, 1.165) is 37.7 Å². The third kappa shape index (κ3) is 4.50. The van der Waals surface area contributed by atoms with Crippen molar-refractivity contribution in [3.8, 4) is 0 Å². The van der Waals surface area contributed by atoms with Gasteiger partial charge in [-0.25, -0.2) is 9.97 Å². The molecular formula is C23H33N5O2. The Hall–Kier alpha value is -2.44. The number of fused-ring (bicyclic) bond motifs is 1. The molecule has 1 saturated carbocycles. The first-order chi connectivity index (χ1) is 14.7. The second-order valence-corrected chi connectivity index (χ2v) is 8.67. The molecule has 0 radical (unpaired) electrons. The van der Waals surface area contributed by atoms with Crippen molar-refractivity contribution in [3.63, 3.8) is 0 Å². The third-order valence-electron chi connectivity index (χ3n) is 6.54. The van der Waals surface area contributed by atoms with Crippen LogP contribution in [-0.2, 0) is 11.3 Å². The van der Waals surface area contributed by atoms with E-state index in [-0.39, 0.29) is 17.4 Å². The van der Waals surface area contributed by atoms with E-state index < -0.39 is 0 Å². The van der Waals surface area contributed by atoms with Crippen LogP contribution in [0.1, 0.15) is 64.7 Å². The van der Waals surface area contributed by atoms with Crippen LogP contribution in [0.25, 0.3) is 11.2 Å². The number of nitrogens with zero attached hydrogens (tertiary/aromatic N) is 4. The molecule has 2 aliphatic rings. The Morgan fingerprint density at radius 1 is 1.13 bits per heavy atom. The lowest BCUT2D eigenvalue weighted by Gasteiger charge is -2.33. The zero-order valence-corrected chi connectivity index (χ0v) is 18.0. The van der Waals surface area contributed by atoms with E-state index in [1.807, 2.05) is 24.0 Å². The molecule has 1 amide bonds. The van der Waals surface area contributed by atoms with Crippen molar-refractivity contribution in [2.24, 2.45) is 5.92 Å². The van der Waals surface area contributed by atoms with E-state index in [4.69, 9.17) is 0 Å². The number of piperidine rings is 1. The number of aromatic nitrogens is 3. The van der Waals surface area contributed by atoms with E-state index in [0.29, 0.717) is 30.6 Å². The Bertz CT molecular complexity index is 933. The van der Waals surface area contributed by atoms with Gasteiger partial charge >= 0.3 is 0 Å². The zero-order chi connectivity index (χ0) is 20.9. The molecule has 7 heteroatoms. The SMILES string of the molecule is CCn1c(=O)c(N2CCC[C@@H](C(=O)NC3CCCCCCC3)C2)nc2cccnc21. The first-order valence-corrected chi connectivity index (χ1v) is 11.6. The van der Waals surface area contributed by atoms with Crippen molar-refractivity contribution in [3.05, 3.63) is 28.7 Å². The van der Waals surface area contributed by atoms with Gasteiger partial charge in [-0.3, -0.25) is 14.2 Å². The Labute approximate surface area is 177 Å². The molecule has 1 aliphatic heterocycles. The fourth-order valence-corrected chi connectivity index (χ4v) is 4.86. The standard InChI is InChI=1S/C23H33N5O2/c1-2-28-20-19(13-8-14-24-20)26-21(23(28)30)27-15-9-10-17(16-27)22(29)25-18-11-6-4-3-5-7-12-18/h8,13-14,17-18H,2-7,9-12,15-16H2,1H3,(H,25,29)/t17-/m1/s1. The number of amides is 1. The lowest BCUT2D eigenvalue weighted by atomic mass is 9.94. The third-order valence-corrected chi connectivity index (χ3v) is 6.54. The molecule has 0 spiro atoms. The second-order valence-electron chi connectivity index (χ2n) is 8.67. The van der Waals surface area contributed by atoms with Gasteiger partial charge in [0.1, 0.15) is 5.52 Å². The molecule has 4 rings (SSSR count). The van der Waals surface area contributed by atoms with E-state index in [1.165, 1.54) is 32.1 Å². The molecule has 2 aromatic rings. The summed E-state index contributed by atoms with van der Waals surface area (Å²) in [5.74, 6) is 0.495. The predicted molar refractivity (Wildman–Crippen MR) is 119 cm³/mol. The van der Waals surface area contributed by atoms with Gasteiger partial charge in [0, 0.05) is 31.9 Å². The number of aryl methyl sites for hydroxylation is 1. The summed E-state index contributed by atoms with van der Waals surface area (Å²) in [6.45, 7) is 3.79. The summed E-state index contributed by atoms with van der Waals surface area (Å²) in [5.41, 5.74) is 1.21. The highest BCUT2D eigenvalue weighted by molar-refractivity contribution is 5.80.